The zero-order valence-corrected chi connectivity index (χ0v) is 12.0. The standard InChI is InChI=1S/C13H14N4O3S/c18-13(16-11-5-6-21(19,20)7-11)10-1-3-12(4-2-10)17-9-14-8-15-17/h1-4,8-9,11H,5-7H2,(H,16,18). The van der Waals surface area contributed by atoms with Crippen molar-refractivity contribution in [2.24, 2.45) is 0 Å². The molecule has 1 N–H and O–H groups in total. The smallest absolute Gasteiger partial charge is 0.251 e. The van der Waals surface area contributed by atoms with Crippen LogP contribution >= 0.6 is 0 Å². The molecule has 3 rings (SSSR count). The number of benzene rings is 1. The van der Waals surface area contributed by atoms with Crippen LogP contribution in [-0.2, 0) is 9.84 Å². The molecule has 8 heteroatoms. The maximum atomic E-state index is 12.1. The van der Waals surface area contributed by atoms with Crippen LogP contribution in [0, 0.1) is 0 Å². The Morgan fingerprint density at radius 1 is 1.29 bits per heavy atom. The minimum Gasteiger partial charge on any atom is -0.348 e. The summed E-state index contributed by atoms with van der Waals surface area (Å²) < 4.78 is 24.3. The molecule has 1 aromatic carbocycles. The first kappa shape index (κ1) is 13.7. The first-order chi connectivity index (χ1) is 10.0. The van der Waals surface area contributed by atoms with Gasteiger partial charge in [-0.05, 0) is 30.7 Å². The third-order valence-corrected chi connectivity index (χ3v) is 5.15. The van der Waals surface area contributed by atoms with Gasteiger partial charge in [0.1, 0.15) is 12.7 Å². The molecule has 21 heavy (non-hydrogen) atoms. The van der Waals surface area contributed by atoms with Gasteiger partial charge in [0.25, 0.3) is 5.91 Å². The molecular formula is C13H14N4O3S. The monoisotopic (exact) mass is 306 g/mol. The van der Waals surface area contributed by atoms with E-state index in [-0.39, 0.29) is 23.5 Å². The second-order valence-electron chi connectivity index (χ2n) is 4.96. The molecule has 1 unspecified atom stereocenters. The van der Waals surface area contributed by atoms with Crippen LogP contribution < -0.4 is 5.32 Å². The van der Waals surface area contributed by atoms with Gasteiger partial charge in [-0.3, -0.25) is 4.79 Å². The molecule has 1 aromatic heterocycles. The van der Waals surface area contributed by atoms with Gasteiger partial charge in [0.2, 0.25) is 0 Å². The lowest BCUT2D eigenvalue weighted by Gasteiger charge is -2.11. The van der Waals surface area contributed by atoms with Crippen LogP contribution in [0.4, 0.5) is 0 Å². The highest BCUT2D eigenvalue weighted by molar-refractivity contribution is 7.91. The Bertz CT molecular complexity index is 738. The van der Waals surface area contributed by atoms with E-state index in [1.165, 1.54) is 6.33 Å². The summed E-state index contributed by atoms with van der Waals surface area (Å²) in [4.78, 5) is 15.9. The molecule has 0 bridgehead atoms. The zero-order valence-electron chi connectivity index (χ0n) is 11.1. The lowest BCUT2D eigenvalue weighted by Crippen LogP contribution is -2.35. The SMILES string of the molecule is O=C(NC1CCS(=O)(=O)C1)c1ccc(-n2cncn2)cc1. The average molecular weight is 306 g/mol. The van der Waals surface area contributed by atoms with Crippen LogP contribution in [0.25, 0.3) is 5.69 Å². The Labute approximate surface area is 121 Å². The van der Waals surface area contributed by atoms with Gasteiger partial charge in [-0.1, -0.05) is 0 Å². The summed E-state index contributed by atoms with van der Waals surface area (Å²) in [5.74, 6) is -0.0962. The molecule has 1 fully saturated rings. The van der Waals surface area contributed by atoms with Crippen LogP contribution in [0.15, 0.2) is 36.9 Å². The summed E-state index contributed by atoms with van der Waals surface area (Å²) in [5.41, 5.74) is 1.29. The van der Waals surface area contributed by atoms with Crippen molar-refractivity contribution in [1.82, 2.24) is 20.1 Å². The molecule has 0 spiro atoms. The van der Waals surface area contributed by atoms with Gasteiger partial charge in [-0.15, -0.1) is 0 Å². The molecule has 7 nitrogen and oxygen atoms in total. The summed E-state index contributed by atoms with van der Waals surface area (Å²) in [5, 5.41) is 6.75. The number of amides is 1. The molecule has 1 aliphatic rings. The van der Waals surface area contributed by atoms with E-state index in [2.05, 4.69) is 15.4 Å². The van der Waals surface area contributed by atoms with Crippen molar-refractivity contribution < 1.29 is 13.2 Å². The minimum absolute atomic E-state index is 0.0236. The average Bonchev–Trinajstić information content (AvgIpc) is 3.09. The van der Waals surface area contributed by atoms with Gasteiger partial charge in [-0.2, -0.15) is 5.10 Å². The molecule has 0 radical (unpaired) electrons. The predicted molar refractivity (Wildman–Crippen MR) is 75.9 cm³/mol. The number of carbonyl (C=O) groups is 1. The van der Waals surface area contributed by atoms with Gasteiger partial charge in [0, 0.05) is 11.6 Å². The Balaban J connectivity index is 1.68. The van der Waals surface area contributed by atoms with Crippen molar-refractivity contribution in [3.05, 3.63) is 42.5 Å². The number of hydrogen-bond acceptors (Lipinski definition) is 5. The molecule has 1 saturated heterocycles. The van der Waals surface area contributed by atoms with Crippen molar-refractivity contribution >= 4 is 15.7 Å². The Morgan fingerprint density at radius 3 is 2.62 bits per heavy atom. The van der Waals surface area contributed by atoms with Gasteiger partial charge in [0.05, 0.1) is 17.2 Å². The highest BCUT2D eigenvalue weighted by Crippen LogP contribution is 2.13. The van der Waals surface area contributed by atoms with Crippen molar-refractivity contribution in [2.45, 2.75) is 12.5 Å². The second-order valence-corrected chi connectivity index (χ2v) is 7.19. The summed E-state index contributed by atoms with van der Waals surface area (Å²) >= 11 is 0. The van der Waals surface area contributed by atoms with Crippen LogP contribution in [-0.4, -0.2) is 46.6 Å². The molecule has 2 heterocycles. The molecule has 1 amide bonds. The summed E-state index contributed by atoms with van der Waals surface area (Å²) in [6, 6.07) is 6.58. The predicted octanol–water partition coefficient (Wildman–Crippen LogP) is 0.184. The maximum Gasteiger partial charge on any atom is 0.251 e. The number of aromatic nitrogens is 3. The molecular weight excluding hydrogens is 292 g/mol. The van der Waals surface area contributed by atoms with Crippen molar-refractivity contribution in [3.8, 4) is 5.69 Å². The summed E-state index contributed by atoms with van der Waals surface area (Å²) in [6.07, 6.45) is 3.48. The van der Waals surface area contributed by atoms with E-state index >= 15 is 0 Å². The maximum absolute atomic E-state index is 12.1. The lowest BCUT2D eigenvalue weighted by atomic mass is 10.1. The fourth-order valence-electron chi connectivity index (χ4n) is 2.28. The first-order valence-corrected chi connectivity index (χ1v) is 8.32. The van der Waals surface area contributed by atoms with E-state index in [9.17, 15) is 13.2 Å². The van der Waals surface area contributed by atoms with Gasteiger partial charge in [0.15, 0.2) is 9.84 Å². The Kier molecular flexibility index (Phi) is 3.46. The van der Waals surface area contributed by atoms with Gasteiger partial charge >= 0.3 is 0 Å². The minimum atomic E-state index is -2.99. The summed E-state index contributed by atoms with van der Waals surface area (Å²) in [7, 11) is -2.99. The van der Waals surface area contributed by atoms with Crippen molar-refractivity contribution in [3.63, 3.8) is 0 Å². The number of carbonyl (C=O) groups excluding carboxylic acids is 1. The Morgan fingerprint density at radius 2 is 2.05 bits per heavy atom. The number of hydrogen-bond donors (Lipinski definition) is 1. The number of nitrogens with one attached hydrogen (secondary N) is 1. The molecule has 2 aromatic rings. The zero-order chi connectivity index (χ0) is 14.9. The lowest BCUT2D eigenvalue weighted by molar-refractivity contribution is 0.0941. The van der Waals surface area contributed by atoms with Crippen LogP contribution in [0.3, 0.4) is 0 Å². The van der Waals surface area contributed by atoms with Gasteiger partial charge in [-0.25, -0.2) is 18.1 Å². The third-order valence-electron chi connectivity index (χ3n) is 3.38. The highest BCUT2D eigenvalue weighted by atomic mass is 32.2. The van der Waals surface area contributed by atoms with Crippen LogP contribution in [0.1, 0.15) is 16.8 Å². The van der Waals surface area contributed by atoms with Crippen molar-refractivity contribution in [2.75, 3.05) is 11.5 Å². The first-order valence-electron chi connectivity index (χ1n) is 6.50. The van der Waals surface area contributed by atoms with E-state index in [1.807, 2.05) is 0 Å². The molecule has 0 saturated carbocycles. The molecule has 1 atom stereocenters. The van der Waals surface area contributed by atoms with E-state index in [1.54, 1.807) is 35.3 Å². The molecule has 0 aliphatic carbocycles. The van der Waals surface area contributed by atoms with Crippen LogP contribution in [0.2, 0.25) is 0 Å². The summed E-state index contributed by atoms with van der Waals surface area (Å²) in [6.45, 7) is 0. The molecule has 110 valence electrons. The Hall–Kier alpha value is -2.22. The number of nitrogens with zero attached hydrogens (tertiary/aromatic N) is 3. The number of rotatable bonds is 3. The largest absolute Gasteiger partial charge is 0.348 e. The van der Waals surface area contributed by atoms with Crippen molar-refractivity contribution in [1.29, 1.82) is 0 Å². The van der Waals surface area contributed by atoms with E-state index in [4.69, 9.17) is 0 Å². The highest BCUT2D eigenvalue weighted by Gasteiger charge is 2.29. The van der Waals surface area contributed by atoms with E-state index < -0.39 is 9.84 Å². The van der Waals surface area contributed by atoms with E-state index in [0.29, 0.717) is 12.0 Å². The van der Waals surface area contributed by atoms with E-state index in [0.717, 1.165) is 5.69 Å². The quantitative estimate of drug-likeness (QED) is 0.873. The van der Waals surface area contributed by atoms with Gasteiger partial charge < -0.3 is 5.32 Å². The third kappa shape index (κ3) is 3.10. The topological polar surface area (TPSA) is 94.0 Å². The fourth-order valence-corrected chi connectivity index (χ4v) is 3.96. The number of sulfone groups is 1. The fraction of sp³-hybridized carbons (Fsp3) is 0.308. The normalized spacial score (nSPS) is 20.3. The molecule has 1 aliphatic heterocycles. The van der Waals surface area contributed by atoms with Crippen LogP contribution in [0.5, 0.6) is 0 Å². The second kappa shape index (κ2) is 5.28.